The number of carbonyl (C=O) groups excluding carboxylic acids is 3. The van der Waals surface area contributed by atoms with E-state index in [0.29, 0.717) is 37.2 Å². The highest BCUT2D eigenvalue weighted by Gasteiger charge is 2.32. The number of ether oxygens (including phenoxy) is 2. The van der Waals surface area contributed by atoms with Gasteiger partial charge in [-0.1, -0.05) is 12.1 Å². The van der Waals surface area contributed by atoms with Gasteiger partial charge < -0.3 is 19.7 Å². The van der Waals surface area contributed by atoms with Gasteiger partial charge in [0.25, 0.3) is 5.91 Å². The first-order chi connectivity index (χ1) is 18.6. The van der Waals surface area contributed by atoms with Crippen LogP contribution in [0.5, 0.6) is 11.5 Å². The maximum atomic E-state index is 12.7. The summed E-state index contributed by atoms with van der Waals surface area (Å²) in [6.07, 6.45) is -3.36. The molecule has 0 radical (unpaired) electrons. The number of aromatic nitrogens is 1. The van der Waals surface area contributed by atoms with Crippen molar-refractivity contribution in [1.29, 1.82) is 0 Å². The van der Waals surface area contributed by atoms with E-state index in [2.05, 4.69) is 15.0 Å². The van der Waals surface area contributed by atoms with Gasteiger partial charge in [-0.25, -0.2) is 4.98 Å². The maximum Gasteiger partial charge on any atom is 0.573 e. The fourth-order valence-electron chi connectivity index (χ4n) is 4.23. The van der Waals surface area contributed by atoms with E-state index in [1.54, 1.807) is 41.7 Å². The van der Waals surface area contributed by atoms with Crippen molar-refractivity contribution in [3.63, 3.8) is 0 Å². The smallest absolute Gasteiger partial charge is 0.497 e. The Bertz CT molecular complexity index is 1320. The summed E-state index contributed by atoms with van der Waals surface area (Å²) in [6.45, 7) is 1.01. The van der Waals surface area contributed by atoms with Crippen LogP contribution in [0, 0.1) is 0 Å². The number of thiazole rings is 1. The molecule has 0 unspecified atom stereocenters. The Labute approximate surface area is 226 Å². The van der Waals surface area contributed by atoms with E-state index >= 15 is 0 Å². The van der Waals surface area contributed by atoms with E-state index in [4.69, 9.17) is 4.74 Å². The number of para-hydroxylation sites is 2. The topological polar surface area (TPSA) is 97.8 Å². The highest BCUT2D eigenvalue weighted by atomic mass is 32.1. The third-order valence-corrected chi connectivity index (χ3v) is 7.30. The Hall–Kier alpha value is -3.93. The number of nitrogens with one attached hydrogen (secondary N) is 1. The zero-order chi connectivity index (χ0) is 28.0. The largest absolute Gasteiger partial charge is 0.573 e. The first-order valence-electron chi connectivity index (χ1n) is 12.2. The molecule has 4 rings (SSSR count). The molecular formula is C27H26F3N3O5S. The molecule has 1 aliphatic heterocycles. The van der Waals surface area contributed by atoms with Crippen LogP contribution in [-0.4, -0.2) is 54.0 Å². The number of benzene rings is 2. The molecule has 1 fully saturated rings. The quantitative estimate of drug-likeness (QED) is 0.338. The molecule has 1 aromatic heterocycles. The minimum atomic E-state index is -4.89. The Morgan fingerprint density at radius 3 is 2.41 bits per heavy atom. The van der Waals surface area contributed by atoms with Gasteiger partial charge in [-0.2, -0.15) is 0 Å². The monoisotopic (exact) mass is 561 g/mol. The number of nitrogens with zero attached hydrogens (tertiary/aromatic N) is 2. The number of amides is 2. The van der Waals surface area contributed by atoms with Gasteiger partial charge in [0.15, 0.2) is 11.5 Å². The van der Waals surface area contributed by atoms with Crippen LogP contribution in [0.2, 0.25) is 0 Å². The van der Waals surface area contributed by atoms with Crippen LogP contribution in [0.4, 0.5) is 18.9 Å². The van der Waals surface area contributed by atoms with E-state index in [9.17, 15) is 27.6 Å². The number of piperidine rings is 1. The highest BCUT2D eigenvalue weighted by Crippen LogP contribution is 2.32. The van der Waals surface area contributed by atoms with E-state index in [0.717, 1.165) is 11.1 Å². The molecule has 1 N–H and O–H groups in total. The lowest BCUT2D eigenvalue weighted by Crippen LogP contribution is -2.38. The highest BCUT2D eigenvalue weighted by molar-refractivity contribution is 7.10. The zero-order valence-corrected chi connectivity index (χ0v) is 21.8. The van der Waals surface area contributed by atoms with Gasteiger partial charge in [0.1, 0.15) is 11.4 Å². The molecule has 3 aromatic rings. The van der Waals surface area contributed by atoms with E-state index in [1.807, 2.05) is 0 Å². The lowest BCUT2D eigenvalue weighted by molar-refractivity contribution is -0.274. The summed E-state index contributed by atoms with van der Waals surface area (Å²) >= 11 is 1.29. The van der Waals surface area contributed by atoms with Crippen molar-refractivity contribution < 1.29 is 37.0 Å². The number of rotatable bonds is 9. The fourth-order valence-corrected chi connectivity index (χ4v) is 5.20. The number of alkyl halides is 3. The number of ketones is 1. The van der Waals surface area contributed by atoms with Gasteiger partial charge in [-0.3, -0.25) is 14.4 Å². The molecule has 39 heavy (non-hydrogen) atoms. The van der Waals surface area contributed by atoms with Crippen molar-refractivity contribution >= 4 is 34.6 Å². The van der Waals surface area contributed by atoms with Crippen LogP contribution >= 0.6 is 11.3 Å². The van der Waals surface area contributed by atoms with Gasteiger partial charge in [0, 0.05) is 42.8 Å². The average molecular weight is 562 g/mol. The molecule has 0 saturated carbocycles. The minimum absolute atomic E-state index is 0.0439. The Balaban J connectivity index is 1.27. The second-order valence-electron chi connectivity index (χ2n) is 8.88. The molecule has 0 atom stereocenters. The van der Waals surface area contributed by atoms with Crippen LogP contribution in [0.25, 0.3) is 0 Å². The molecule has 206 valence electrons. The molecule has 1 saturated heterocycles. The summed E-state index contributed by atoms with van der Waals surface area (Å²) in [5, 5.41) is 4.70. The van der Waals surface area contributed by atoms with E-state index in [1.165, 1.54) is 29.5 Å². The third-order valence-electron chi connectivity index (χ3n) is 6.29. The number of halogens is 3. The standard InChI is InChI=1S/C27H26F3N3O5S/c1-37-19-8-6-17(7-9-19)22(34)10-11-24(35)33-14-12-18(13-15-33)26-32-21(16-39-26)25(36)31-20-4-2-3-5-23(20)38-27(28,29)30/h2-9,16,18H,10-15H2,1H3,(H,31,36). The number of likely N-dealkylation sites (tertiary alicyclic amines) is 1. The minimum Gasteiger partial charge on any atom is -0.497 e. The zero-order valence-electron chi connectivity index (χ0n) is 21.0. The summed E-state index contributed by atoms with van der Waals surface area (Å²) in [5.74, 6) is -0.667. The van der Waals surface area contributed by atoms with Crippen LogP contribution in [0.1, 0.15) is 57.5 Å². The second kappa shape index (κ2) is 12.3. The number of anilines is 1. The molecule has 1 aliphatic rings. The first kappa shape index (κ1) is 28.1. The molecule has 0 bridgehead atoms. The number of carbonyl (C=O) groups is 3. The second-order valence-corrected chi connectivity index (χ2v) is 9.77. The normalized spacial score (nSPS) is 14.1. The Morgan fingerprint density at radius 2 is 1.74 bits per heavy atom. The van der Waals surface area contributed by atoms with Crippen molar-refractivity contribution in [2.45, 2.75) is 38.0 Å². The third kappa shape index (κ3) is 7.56. The molecule has 0 aliphatic carbocycles. The van der Waals surface area contributed by atoms with Crippen LogP contribution in [0.3, 0.4) is 0 Å². The maximum absolute atomic E-state index is 12.7. The first-order valence-corrected chi connectivity index (χ1v) is 13.1. The number of Topliss-reactive ketones (excluding diaryl/α,β-unsaturated/α-hetero) is 1. The predicted octanol–water partition coefficient (Wildman–Crippen LogP) is 5.67. The number of methoxy groups -OCH3 is 1. The number of hydrogen-bond acceptors (Lipinski definition) is 7. The fraction of sp³-hybridized carbons (Fsp3) is 0.333. The molecule has 2 heterocycles. The molecular weight excluding hydrogens is 535 g/mol. The number of hydrogen-bond donors (Lipinski definition) is 1. The van der Waals surface area contributed by atoms with Gasteiger partial charge in [-0.05, 0) is 49.2 Å². The van der Waals surface area contributed by atoms with Crippen molar-refractivity contribution in [2.24, 2.45) is 0 Å². The van der Waals surface area contributed by atoms with Crippen molar-refractivity contribution in [3.8, 4) is 11.5 Å². The van der Waals surface area contributed by atoms with Gasteiger partial charge in [-0.15, -0.1) is 24.5 Å². The summed E-state index contributed by atoms with van der Waals surface area (Å²) < 4.78 is 47.0. The lowest BCUT2D eigenvalue weighted by atomic mass is 9.97. The van der Waals surface area contributed by atoms with E-state index < -0.39 is 18.0 Å². The van der Waals surface area contributed by atoms with Gasteiger partial charge >= 0.3 is 6.36 Å². The predicted molar refractivity (Wildman–Crippen MR) is 138 cm³/mol. The summed E-state index contributed by atoms with van der Waals surface area (Å²) in [6, 6.07) is 12.0. The Kier molecular flexibility index (Phi) is 8.85. The van der Waals surface area contributed by atoms with Crippen molar-refractivity contribution in [3.05, 3.63) is 70.2 Å². The van der Waals surface area contributed by atoms with Crippen LogP contribution < -0.4 is 14.8 Å². The van der Waals surface area contributed by atoms with Crippen molar-refractivity contribution in [2.75, 3.05) is 25.5 Å². The molecule has 2 amide bonds. The average Bonchev–Trinajstić information content (AvgIpc) is 3.43. The van der Waals surface area contributed by atoms with Gasteiger partial charge in [0.2, 0.25) is 5.91 Å². The molecule has 2 aromatic carbocycles. The molecule has 8 nitrogen and oxygen atoms in total. The summed E-state index contributed by atoms with van der Waals surface area (Å²) in [7, 11) is 1.55. The van der Waals surface area contributed by atoms with Gasteiger partial charge in [0.05, 0.1) is 17.8 Å². The SMILES string of the molecule is COc1ccc(C(=O)CCC(=O)N2CCC(c3nc(C(=O)Nc4ccccc4OC(F)(F)F)cs3)CC2)cc1. The van der Waals surface area contributed by atoms with Crippen LogP contribution in [-0.2, 0) is 4.79 Å². The lowest BCUT2D eigenvalue weighted by Gasteiger charge is -2.31. The van der Waals surface area contributed by atoms with Crippen molar-refractivity contribution in [1.82, 2.24) is 9.88 Å². The summed E-state index contributed by atoms with van der Waals surface area (Å²) in [4.78, 5) is 43.8. The molecule has 12 heteroatoms. The Morgan fingerprint density at radius 1 is 1.05 bits per heavy atom. The molecule has 0 spiro atoms. The van der Waals surface area contributed by atoms with E-state index in [-0.39, 0.29) is 41.8 Å². The summed E-state index contributed by atoms with van der Waals surface area (Å²) in [5.41, 5.74) is 0.501. The van der Waals surface area contributed by atoms with Crippen LogP contribution in [0.15, 0.2) is 53.9 Å².